The van der Waals surface area contributed by atoms with Gasteiger partial charge in [-0.15, -0.1) is 6.58 Å². The maximum atomic E-state index is 14.5. The first-order chi connectivity index (χ1) is 16.6. The number of aryl methyl sites for hydroxylation is 1. The third-order valence-electron chi connectivity index (χ3n) is 7.69. The van der Waals surface area contributed by atoms with Gasteiger partial charge >= 0.3 is 0 Å². The molecule has 35 heavy (non-hydrogen) atoms. The molecule has 3 fully saturated rings. The Morgan fingerprint density at radius 2 is 1.91 bits per heavy atom. The fourth-order valence-corrected chi connectivity index (χ4v) is 6.37. The largest absolute Gasteiger partial charge is 0.348 e. The van der Waals surface area contributed by atoms with E-state index in [0.717, 1.165) is 17.6 Å². The van der Waals surface area contributed by atoms with Gasteiger partial charge in [-0.3, -0.25) is 4.79 Å². The zero-order chi connectivity index (χ0) is 24.8. The number of amides is 1. The molecule has 4 aliphatic rings. The summed E-state index contributed by atoms with van der Waals surface area (Å²) >= 11 is 0. The van der Waals surface area contributed by atoms with Gasteiger partial charge in [-0.2, -0.15) is 0 Å². The summed E-state index contributed by atoms with van der Waals surface area (Å²) < 4.78 is 33.3. The molecule has 5 heterocycles. The molecule has 6 rings (SSSR count). The number of para-hydroxylation sites is 1. The van der Waals surface area contributed by atoms with Gasteiger partial charge in [-0.05, 0) is 52.2 Å². The Hall–Kier alpha value is -2.23. The molecule has 0 spiro atoms. The summed E-state index contributed by atoms with van der Waals surface area (Å²) in [6, 6.07) is 8.20. The lowest BCUT2D eigenvalue weighted by Crippen LogP contribution is -2.57. The molecule has 0 bridgehead atoms. The van der Waals surface area contributed by atoms with Crippen molar-refractivity contribution < 1.29 is 28.5 Å². The van der Waals surface area contributed by atoms with Gasteiger partial charge < -0.3 is 33.2 Å². The number of aromatic nitrogens is 1. The molecule has 4 aliphatic heterocycles. The molecule has 8 nitrogen and oxygen atoms in total. The summed E-state index contributed by atoms with van der Waals surface area (Å²) in [6.07, 6.45) is 1.62. The van der Waals surface area contributed by atoms with Crippen LogP contribution in [0.25, 0.3) is 10.9 Å². The van der Waals surface area contributed by atoms with Gasteiger partial charge in [-0.1, -0.05) is 24.3 Å². The van der Waals surface area contributed by atoms with E-state index in [1.807, 2.05) is 44.7 Å². The third-order valence-corrected chi connectivity index (χ3v) is 7.69. The van der Waals surface area contributed by atoms with E-state index in [1.165, 1.54) is 10.9 Å². The van der Waals surface area contributed by atoms with Crippen LogP contribution in [-0.4, -0.2) is 64.2 Å². The van der Waals surface area contributed by atoms with Crippen molar-refractivity contribution in [3.8, 4) is 0 Å². The van der Waals surface area contributed by atoms with Gasteiger partial charge in [0.25, 0.3) is 11.7 Å². The number of carbonyl (C=O) groups is 1. The second-order valence-corrected chi connectivity index (χ2v) is 10.9. The summed E-state index contributed by atoms with van der Waals surface area (Å²) in [7, 11) is 2.07. The summed E-state index contributed by atoms with van der Waals surface area (Å²) in [5.41, 5.74) is 3.58. The average Bonchev–Trinajstić information content (AvgIpc) is 3.37. The smallest absolute Gasteiger partial charge is 0.286 e. The van der Waals surface area contributed by atoms with Crippen LogP contribution in [-0.2, 0) is 41.9 Å². The highest BCUT2D eigenvalue weighted by molar-refractivity contribution is 5.89. The van der Waals surface area contributed by atoms with Crippen molar-refractivity contribution in [3.05, 3.63) is 48.2 Å². The number of carbonyl (C=O) groups excluding carboxylic acids is 1. The number of hydrogen-bond donors (Lipinski definition) is 0. The van der Waals surface area contributed by atoms with Crippen molar-refractivity contribution >= 4 is 16.8 Å². The molecule has 0 aliphatic carbocycles. The minimum atomic E-state index is -1.59. The molecular weight excluding hydrogens is 448 g/mol. The van der Waals surface area contributed by atoms with Crippen LogP contribution in [0.5, 0.6) is 0 Å². The number of benzene rings is 1. The SMILES string of the molecule is C=CC[C@@H]1c2c(c3ccccc3n2C)CCN1C(=O)[C@@]12O[C@H]3COC(C)(C)O[C@H]3[C@@H]1OC(C)(C)O2. The number of rotatable bonds is 3. The fourth-order valence-electron chi connectivity index (χ4n) is 6.37. The van der Waals surface area contributed by atoms with E-state index in [0.29, 0.717) is 19.6 Å². The van der Waals surface area contributed by atoms with E-state index < -0.39 is 35.7 Å². The number of fused-ring (bicyclic) bond motifs is 6. The highest BCUT2D eigenvalue weighted by Crippen LogP contribution is 2.51. The lowest BCUT2D eigenvalue weighted by molar-refractivity contribution is -0.325. The number of hydrogen-bond acceptors (Lipinski definition) is 6. The number of nitrogens with zero attached hydrogens (tertiary/aromatic N) is 2. The summed E-state index contributed by atoms with van der Waals surface area (Å²) in [6.45, 7) is 12.2. The maximum Gasteiger partial charge on any atom is 0.286 e. The van der Waals surface area contributed by atoms with Crippen LogP contribution < -0.4 is 0 Å². The first kappa shape index (κ1) is 23.2. The van der Waals surface area contributed by atoms with E-state index in [9.17, 15) is 4.79 Å². The second-order valence-electron chi connectivity index (χ2n) is 10.9. The van der Waals surface area contributed by atoms with Gasteiger partial charge in [0.05, 0.1) is 12.6 Å². The molecule has 0 saturated carbocycles. The van der Waals surface area contributed by atoms with Crippen LogP contribution in [0.2, 0.25) is 0 Å². The average molecular weight is 483 g/mol. The minimum absolute atomic E-state index is 0.191. The molecule has 8 heteroatoms. The van der Waals surface area contributed by atoms with Crippen LogP contribution in [0.3, 0.4) is 0 Å². The van der Waals surface area contributed by atoms with Crippen molar-refractivity contribution in [2.24, 2.45) is 7.05 Å². The molecule has 0 unspecified atom stereocenters. The van der Waals surface area contributed by atoms with Crippen LogP contribution in [0, 0.1) is 0 Å². The first-order valence-corrected chi connectivity index (χ1v) is 12.4. The molecule has 1 aromatic carbocycles. The minimum Gasteiger partial charge on any atom is -0.348 e. The van der Waals surface area contributed by atoms with Crippen LogP contribution in [0.4, 0.5) is 0 Å². The van der Waals surface area contributed by atoms with E-state index in [2.05, 4.69) is 36.4 Å². The highest BCUT2D eigenvalue weighted by Gasteiger charge is 2.72. The molecule has 0 N–H and O–H groups in total. The van der Waals surface area contributed by atoms with Crippen LogP contribution in [0.1, 0.15) is 51.4 Å². The third kappa shape index (κ3) is 3.34. The fraction of sp³-hybridized carbons (Fsp3) is 0.593. The molecular formula is C27H34N2O6. The van der Waals surface area contributed by atoms with Crippen molar-refractivity contribution in [2.45, 2.75) is 82.3 Å². The first-order valence-electron chi connectivity index (χ1n) is 12.4. The van der Waals surface area contributed by atoms with Gasteiger partial charge in [0.15, 0.2) is 17.7 Å². The molecule has 0 radical (unpaired) electrons. The van der Waals surface area contributed by atoms with Crippen LogP contribution in [0.15, 0.2) is 36.9 Å². The van der Waals surface area contributed by atoms with E-state index in [4.69, 9.17) is 23.7 Å². The maximum absolute atomic E-state index is 14.5. The van der Waals surface area contributed by atoms with Crippen molar-refractivity contribution in [1.29, 1.82) is 0 Å². The Morgan fingerprint density at radius 1 is 1.14 bits per heavy atom. The quantitative estimate of drug-likeness (QED) is 0.623. The molecule has 2 aromatic rings. The Bertz CT molecular complexity index is 1200. The van der Waals surface area contributed by atoms with Crippen molar-refractivity contribution in [2.75, 3.05) is 13.2 Å². The topological polar surface area (TPSA) is 71.4 Å². The zero-order valence-corrected chi connectivity index (χ0v) is 21.1. The number of ether oxygens (including phenoxy) is 5. The summed E-state index contributed by atoms with van der Waals surface area (Å²) in [5, 5.41) is 1.24. The van der Waals surface area contributed by atoms with E-state index >= 15 is 0 Å². The lowest BCUT2D eigenvalue weighted by atomic mass is 9.93. The second kappa shape index (κ2) is 7.63. The van der Waals surface area contributed by atoms with Gasteiger partial charge in [0, 0.05) is 30.2 Å². The van der Waals surface area contributed by atoms with E-state index in [1.54, 1.807) is 0 Å². The van der Waals surface area contributed by atoms with Gasteiger partial charge in [0.2, 0.25) is 0 Å². The predicted octanol–water partition coefficient (Wildman–Crippen LogP) is 3.58. The summed E-state index contributed by atoms with van der Waals surface area (Å²) in [5.74, 6) is -3.61. The highest BCUT2D eigenvalue weighted by atomic mass is 16.9. The Labute approximate surface area is 205 Å². The van der Waals surface area contributed by atoms with Crippen molar-refractivity contribution in [3.63, 3.8) is 0 Å². The predicted molar refractivity (Wildman–Crippen MR) is 128 cm³/mol. The monoisotopic (exact) mass is 482 g/mol. The van der Waals surface area contributed by atoms with Gasteiger partial charge in [0.1, 0.15) is 12.2 Å². The molecule has 3 saturated heterocycles. The normalized spacial score (nSPS) is 34.9. The summed E-state index contributed by atoms with van der Waals surface area (Å²) in [4.78, 5) is 16.4. The lowest BCUT2D eigenvalue weighted by Gasteiger charge is -2.40. The molecule has 5 atom stereocenters. The Morgan fingerprint density at radius 3 is 2.69 bits per heavy atom. The van der Waals surface area contributed by atoms with E-state index in [-0.39, 0.29) is 11.9 Å². The van der Waals surface area contributed by atoms with Crippen LogP contribution >= 0.6 is 0 Å². The zero-order valence-electron chi connectivity index (χ0n) is 21.1. The molecule has 1 aromatic heterocycles. The van der Waals surface area contributed by atoms with Gasteiger partial charge in [-0.25, -0.2) is 0 Å². The molecule has 188 valence electrons. The standard InChI is InChI=1S/C27H34N2O6/c1-7-10-19-21-17(16-11-8-9-12-18(16)28(21)6)13-14-29(19)24(30)27-23(34-26(4,5)35-27)22-20(32-27)15-31-25(2,3)33-22/h7-9,11-12,19-20,22-23H,1,10,13-15H2,2-6H3/t19-,20+,22-,23+,27-/m1/s1. The Balaban J connectivity index is 1.41. The van der Waals surface area contributed by atoms with Crippen molar-refractivity contribution in [1.82, 2.24) is 9.47 Å². The molecule has 1 amide bonds. The Kier molecular flexibility index (Phi) is 5.06.